The molecular formula is C27H25N5O2. The molecule has 2 aliphatic rings. The fraction of sp³-hybridized carbons (Fsp3) is 0.222. The molecule has 0 unspecified atom stereocenters. The minimum atomic E-state index is -0.211. The smallest absolute Gasteiger partial charge is 0.269 e. The van der Waals surface area contributed by atoms with Gasteiger partial charge in [-0.1, -0.05) is 54.6 Å². The highest BCUT2D eigenvalue weighted by Gasteiger charge is 2.34. The Morgan fingerprint density at radius 3 is 2.44 bits per heavy atom. The lowest BCUT2D eigenvalue weighted by molar-refractivity contribution is -0.120. The molecule has 2 N–H and O–H groups in total. The summed E-state index contributed by atoms with van der Waals surface area (Å²) in [7, 11) is 1.82. The molecule has 1 aliphatic heterocycles. The van der Waals surface area contributed by atoms with Crippen molar-refractivity contribution in [2.45, 2.75) is 24.8 Å². The fourth-order valence-electron chi connectivity index (χ4n) is 4.75. The Morgan fingerprint density at radius 1 is 1.03 bits per heavy atom. The molecule has 0 spiro atoms. The second-order valence-corrected chi connectivity index (χ2v) is 9.05. The predicted molar refractivity (Wildman–Crippen MR) is 131 cm³/mol. The molecule has 4 aromatic rings. The third kappa shape index (κ3) is 3.36. The SMILES string of the molecule is Cn1cc(N2C(=O)COc3nc(-c4ccc(C5(N)CCC5)cc4)c(-c4ccccc4)cc32)cn1. The molecule has 0 radical (unpaired) electrons. The highest BCUT2D eigenvalue weighted by Crippen LogP contribution is 2.43. The lowest BCUT2D eigenvalue weighted by Crippen LogP contribution is -2.43. The number of fused-ring (bicyclic) bond motifs is 1. The quantitative estimate of drug-likeness (QED) is 0.492. The molecule has 3 heterocycles. The van der Waals surface area contributed by atoms with Crippen molar-refractivity contribution in [2.75, 3.05) is 11.5 Å². The minimum Gasteiger partial charge on any atom is -0.466 e. The van der Waals surface area contributed by atoms with Gasteiger partial charge in [0.25, 0.3) is 5.91 Å². The summed E-state index contributed by atoms with van der Waals surface area (Å²) in [6, 6.07) is 20.4. The van der Waals surface area contributed by atoms with Crippen molar-refractivity contribution in [1.82, 2.24) is 14.8 Å². The van der Waals surface area contributed by atoms with Crippen LogP contribution in [0.3, 0.4) is 0 Å². The predicted octanol–water partition coefficient (Wildman–Crippen LogP) is 4.54. The van der Waals surface area contributed by atoms with Crippen LogP contribution in [0.25, 0.3) is 22.4 Å². The molecule has 0 atom stereocenters. The maximum Gasteiger partial charge on any atom is 0.269 e. The second-order valence-electron chi connectivity index (χ2n) is 9.05. The fourth-order valence-corrected chi connectivity index (χ4v) is 4.75. The Hall–Kier alpha value is -3.97. The minimum absolute atomic E-state index is 0.0757. The van der Waals surface area contributed by atoms with E-state index in [0.29, 0.717) is 17.3 Å². The van der Waals surface area contributed by atoms with Crippen LogP contribution in [0.4, 0.5) is 11.4 Å². The number of benzene rings is 2. The van der Waals surface area contributed by atoms with Crippen LogP contribution in [0, 0.1) is 0 Å². The second kappa shape index (κ2) is 7.81. The number of hydrogen-bond acceptors (Lipinski definition) is 5. The number of hydrogen-bond donors (Lipinski definition) is 1. The summed E-state index contributed by atoms with van der Waals surface area (Å²) in [6.45, 7) is -0.0757. The molecule has 1 fully saturated rings. The van der Waals surface area contributed by atoms with E-state index in [2.05, 4.69) is 29.4 Å². The van der Waals surface area contributed by atoms with E-state index in [9.17, 15) is 4.79 Å². The highest BCUT2D eigenvalue weighted by atomic mass is 16.5. The standard InChI is InChI=1S/C27H25N5O2/c1-31-16-21(15-29-31)32-23-14-22(18-6-3-2-4-7-18)25(30-26(23)34-17-24(32)33)19-8-10-20(11-9-19)27(28)12-5-13-27/h2-4,6-11,14-16H,5,12-13,17,28H2,1H3. The van der Waals surface area contributed by atoms with Gasteiger partial charge in [0.1, 0.15) is 5.69 Å². The van der Waals surface area contributed by atoms with Gasteiger partial charge in [-0.25, -0.2) is 4.98 Å². The monoisotopic (exact) mass is 451 g/mol. The maximum atomic E-state index is 12.9. The number of carbonyl (C=O) groups is 1. The van der Waals surface area contributed by atoms with Gasteiger partial charge >= 0.3 is 0 Å². The molecule has 6 rings (SSSR count). The summed E-state index contributed by atoms with van der Waals surface area (Å²) in [5.41, 5.74) is 12.5. The molecule has 7 nitrogen and oxygen atoms in total. The molecule has 1 saturated carbocycles. The first-order chi connectivity index (χ1) is 16.5. The van der Waals surface area contributed by atoms with Crippen LogP contribution < -0.4 is 15.4 Å². The zero-order chi connectivity index (χ0) is 23.3. The first-order valence-electron chi connectivity index (χ1n) is 11.5. The van der Waals surface area contributed by atoms with Gasteiger partial charge in [-0.05, 0) is 36.5 Å². The van der Waals surface area contributed by atoms with E-state index in [1.165, 1.54) is 6.42 Å². The number of aryl methyl sites for hydroxylation is 1. The van der Waals surface area contributed by atoms with Gasteiger partial charge in [0.05, 0.1) is 17.6 Å². The Morgan fingerprint density at radius 2 is 1.79 bits per heavy atom. The molecule has 0 bridgehead atoms. The Labute approximate surface area is 197 Å². The molecule has 2 aromatic carbocycles. The van der Waals surface area contributed by atoms with Gasteiger partial charge in [0, 0.05) is 29.9 Å². The van der Waals surface area contributed by atoms with E-state index < -0.39 is 0 Å². The average Bonchev–Trinajstić information content (AvgIpc) is 3.28. The van der Waals surface area contributed by atoms with Crippen molar-refractivity contribution >= 4 is 17.3 Å². The number of amides is 1. The third-order valence-corrected chi connectivity index (χ3v) is 6.80. The number of ether oxygens (including phenoxy) is 1. The number of nitrogens with two attached hydrogens (primary N) is 1. The van der Waals surface area contributed by atoms with Crippen molar-refractivity contribution in [3.05, 3.63) is 78.6 Å². The number of pyridine rings is 1. The molecule has 2 aromatic heterocycles. The van der Waals surface area contributed by atoms with E-state index >= 15 is 0 Å². The van der Waals surface area contributed by atoms with Crippen molar-refractivity contribution < 1.29 is 9.53 Å². The third-order valence-electron chi connectivity index (χ3n) is 6.80. The molecule has 1 aliphatic carbocycles. The van der Waals surface area contributed by atoms with Crippen molar-refractivity contribution in [2.24, 2.45) is 12.8 Å². The highest BCUT2D eigenvalue weighted by molar-refractivity contribution is 6.05. The van der Waals surface area contributed by atoms with Crippen LogP contribution in [0.1, 0.15) is 24.8 Å². The van der Waals surface area contributed by atoms with Crippen LogP contribution in [0.2, 0.25) is 0 Å². The van der Waals surface area contributed by atoms with E-state index in [1.54, 1.807) is 15.8 Å². The van der Waals surface area contributed by atoms with E-state index in [1.807, 2.05) is 49.6 Å². The van der Waals surface area contributed by atoms with Gasteiger partial charge in [-0.15, -0.1) is 0 Å². The van der Waals surface area contributed by atoms with E-state index in [-0.39, 0.29) is 18.1 Å². The summed E-state index contributed by atoms with van der Waals surface area (Å²) < 4.78 is 7.47. The van der Waals surface area contributed by atoms with Crippen LogP contribution in [0.15, 0.2) is 73.1 Å². The van der Waals surface area contributed by atoms with Crippen molar-refractivity contribution in [3.8, 4) is 28.3 Å². The molecule has 170 valence electrons. The molecule has 0 saturated heterocycles. The van der Waals surface area contributed by atoms with Gasteiger partial charge < -0.3 is 10.5 Å². The number of nitrogens with zero attached hydrogens (tertiary/aromatic N) is 4. The summed E-state index contributed by atoms with van der Waals surface area (Å²) in [4.78, 5) is 19.4. The topological polar surface area (TPSA) is 86.3 Å². The molecule has 7 heteroatoms. The first kappa shape index (κ1) is 20.6. The van der Waals surface area contributed by atoms with Crippen LogP contribution in [0.5, 0.6) is 5.88 Å². The number of anilines is 2. The molecule has 1 amide bonds. The number of carbonyl (C=O) groups excluding carboxylic acids is 1. The summed E-state index contributed by atoms with van der Waals surface area (Å²) in [5, 5.41) is 4.24. The van der Waals surface area contributed by atoms with Crippen LogP contribution in [-0.4, -0.2) is 27.3 Å². The van der Waals surface area contributed by atoms with Gasteiger partial charge in [0.15, 0.2) is 6.61 Å². The summed E-state index contributed by atoms with van der Waals surface area (Å²) in [5.74, 6) is 0.267. The Bertz CT molecular complexity index is 1370. The van der Waals surface area contributed by atoms with Crippen LogP contribution >= 0.6 is 0 Å². The van der Waals surface area contributed by atoms with Crippen molar-refractivity contribution in [1.29, 1.82) is 0 Å². The van der Waals surface area contributed by atoms with Gasteiger partial charge in [-0.2, -0.15) is 5.10 Å². The van der Waals surface area contributed by atoms with E-state index in [0.717, 1.165) is 40.8 Å². The lowest BCUT2D eigenvalue weighted by Gasteiger charge is -2.38. The van der Waals surface area contributed by atoms with E-state index in [4.69, 9.17) is 15.5 Å². The maximum absolute atomic E-state index is 12.9. The lowest BCUT2D eigenvalue weighted by atomic mass is 9.72. The van der Waals surface area contributed by atoms with Crippen molar-refractivity contribution in [3.63, 3.8) is 0 Å². The Kier molecular flexibility index (Phi) is 4.74. The summed E-state index contributed by atoms with van der Waals surface area (Å²) in [6.07, 6.45) is 6.69. The summed E-state index contributed by atoms with van der Waals surface area (Å²) >= 11 is 0. The first-order valence-corrected chi connectivity index (χ1v) is 11.5. The zero-order valence-corrected chi connectivity index (χ0v) is 18.9. The number of aromatic nitrogens is 3. The largest absolute Gasteiger partial charge is 0.466 e. The Balaban J connectivity index is 1.51. The van der Waals surface area contributed by atoms with Crippen LogP contribution in [-0.2, 0) is 17.4 Å². The van der Waals surface area contributed by atoms with Gasteiger partial charge in [-0.3, -0.25) is 14.4 Å². The average molecular weight is 452 g/mol. The van der Waals surface area contributed by atoms with Gasteiger partial charge in [0.2, 0.25) is 5.88 Å². The number of rotatable bonds is 4. The normalized spacial score (nSPS) is 16.5. The molecule has 34 heavy (non-hydrogen) atoms. The molecular weight excluding hydrogens is 426 g/mol. The zero-order valence-electron chi connectivity index (χ0n) is 18.9.